The number of pyridine rings is 1. The minimum Gasteiger partial charge on any atom is -0.497 e. The van der Waals surface area contributed by atoms with Crippen LogP contribution in [0.2, 0.25) is 0 Å². The Morgan fingerprint density at radius 2 is 2.08 bits per heavy atom. The molecule has 1 amide bonds. The number of hydrogen-bond acceptors (Lipinski definition) is 8. The van der Waals surface area contributed by atoms with Crippen molar-refractivity contribution in [2.24, 2.45) is 7.05 Å². The van der Waals surface area contributed by atoms with Gasteiger partial charge in [0.1, 0.15) is 22.9 Å². The molecule has 1 unspecified atom stereocenters. The van der Waals surface area contributed by atoms with E-state index < -0.39 is 0 Å². The molecule has 1 aliphatic rings. The monoisotopic (exact) mass is 519 g/mol. The second kappa shape index (κ2) is 10.7. The van der Waals surface area contributed by atoms with Gasteiger partial charge in [0.15, 0.2) is 5.65 Å². The van der Waals surface area contributed by atoms with E-state index in [2.05, 4.69) is 10.1 Å². The van der Waals surface area contributed by atoms with E-state index in [-0.39, 0.29) is 37.5 Å². The molecule has 4 aromatic rings. The number of anilines is 2. The Hall–Kier alpha value is -4.12. The molecule has 38 heavy (non-hydrogen) atoms. The fraction of sp³-hybridized carbons (Fsp3) is 0.370. The molecule has 1 aliphatic heterocycles. The molecule has 0 spiro atoms. The van der Waals surface area contributed by atoms with E-state index in [4.69, 9.17) is 14.7 Å². The highest BCUT2D eigenvalue weighted by atomic mass is 19.1. The molecule has 3 aromatic heterocycles. The molecule has 1 fully saturated rings. The molecule has 1 atom stereocenters. The van der Waals surface area contributed by atoms with Gasteiger partial charge in [0, 0.05) is 44.4 Å². The van der Waals surface area contributed by atoms with Crippen LogP contribution < -0.4 is 9.64 Å². The van der Waals surface area contributed by atoms with Crippen molar-refractivity contribution in [3.05, 3.63) is 54.2 Å². The van der Waals surface area contributed by atoms with Gasteiger partial charge in [-0.1, -0.05) is 6.92 Å². The summed E-state index contributed by atoms with van der Waals surface area (Å²) in [6, 6.07) is 6.68. The lowest BCUT2D eigenvalue weighted by Crippen LogP contribution is -2.42. The first-order chi connectivity index (χ1) is 18.4. The number of hydrogen-bond donors (Lipinski definition) is 1. The molecule has 11 heteroatoms. The number of ether oxygens (including phenoxy) is 1. The highest BCUT2D eigenvalue weighted by molar-refractivity contribution is 5.80. The van der Waals surface area contributed by atoms with E-state index in [0.29, 0.717) is 58.9 Å². The number of aliphatic hydroxyl groups is 1. The van der Waals surface area contributed by atoms with E-state index >= 15 is 4.39 Å². The van der Waals surface area contributed by atoms with E-state index in [9.17, 15) is 9.90 Å². The molecule has 10 nitrogen and oxygen atoms in total. The summed E-state index contributed by atoms with van der Waals surface area (Å²) in [7, 11) is 3.37. The Balaban J connectivity index is 1.62. The van der Waals surface area contributed by atoms with Gasteiger partial charge in [0.05, 0.1) is 43.5 Å². The van der Waals surface area contributed by atoms with Crippen molar-refractivity contribution in [2.45, 2.75) is 32.2 Å². The number of benzene rings is 1. The molecular formula is C27H30FN7O3. The lowest BCUT2D eigenvalue weighted by molar-refractivity contribution is -0.129. The van der Waals surface area contributed by atoms with Crippen LogP contribution in [0.25, 0.3) is 22.4 Å². The third-order valence-electron chi connectivity index (χ3n) is 6.87. The van der Waals surface area contributed by atoms with E-state index in [0.717, 1.165) is 5.56 Å². The number of aryl methyl sites for hydroxylation is 2. The second-order valence-electron chi connectivity index (χ2n) is 9.26. The minimum atomic E-state index is -0.372. The number of methoxy groups -OCH3 is 1. The van der Waals surface area contributed by atoms with Crippen molar-refractivity contribution < 1.29 is 19.0 Å². The number of amides is 1. The zero-order chi connectivity index (χ0) is 26.8. The van der Waals surface area contributed by atoms with Crippen molar-refractivity contribution in [3.8, 4) is 17.0 Å². The Morgan fingerprint density at radius 1 is 1.24 bits per heavy atom. The molecule has 0 radical (unpaired) electrons. The van der Waals surface area contributed by atoms with Gasteiger partial charge >= 0.3 is 0 Å². The zero-order valence-corrected chi connectivity index (χ0v) is 21.6. The summed E-state index contributed by atoms with van der Waals surface area (Å²) in [6.45, 7) is 2.25. The maximum absolute atomic E-state index is 15.8. The van der Waals surface area contributed by atoms with Crippen molar-refractivity contribution in [1.82, 2.24) is 29.6 Å². The zero-order valence-electron chi connectivity index (χ0n) is 21.6. The van der Waals surface area contributed by atoms with Gasteiger partial charge in [-0.15, -0.1) is 0 Å². The summed E-state index contributed by atoms with van der Waals surface area (Å²) in [5.74, 6) is 0.594. The fourth-order valence-electron chi connectivity index (χ4n) is 4.87. The van der Waals surface area contributed by atoms with Gasteiger partial charge in [-0.2, -0.15) is 5.10 Å². The number of fused-ring (bicyclic) bond motifs is 1. The van der Waals surface area contributed by atoms with Crippen LogP contribution in [-0.4, -0.2) is 73.5 Å². The Kier molecular flexibility index (Phi) is 7.19. The molecule has 5 rings (SSSR count). The third kappa shape index (κ3) is 4.89. The summed E-state index contributed by atoms with van der Waals surface area (Å²) < 4.78 is 23.0. The highest BCUT2D eigenvalue weighted by Crippen LogP contribution is 2.35. The van der Waals surface area contributed by atoms with E-state index in [1.54, 1.807) is 58.3 Å². The summed E-state index contributed by atoms with van der Waals surface area (Å²) in [4.78, 5) is 29.9. The number of aromatic nitrogens is 5. The quantitative estimate of drug-likeness (QED) is 0.359. The van der Waals surface area contributed by atoms with Crippen LogP contribution in [0, 0.1) is 5.82 Å². The number of likely N-dealkylation sites (tertiary alicyclic amines) is 1. The predicted octanol–water partition coefficient (Wildman–Crippen LogP) is 3.26. The Labute approximate surface area is 219 Å². The van der Waals surface area contributed by atoms with Crippen LogP contribution in [0.4, 0.5) is 15.9 Å². The highest BCUT2D eigenvalue weighted by Gasteiger charge is 2.33. The van der Waals surface area contributed by atoms with Crippen molar-refractivity contribution in [3.63, 3.8) is 0 Å². The van der Waals surface area contributed by atoms with Crippen molar-refractivity contribution in [2.75, 3.05) is 31.7 Å². The number of carbonyl (C=O) groups is 1. The molecule has 0 aliphatic carbocycles. The molecule has 1 saturated heterocycles. The van der Waals surface area contributed by atoms with Crippen LogP contribution in [0.5, 0.6) is 5.75 Å². The molecule has 0 saturated carbocycles. The topological polar surface area (TPSA) is 110 Å². The molecule has 198 valence electrons. The minimum absolute atomic E-state index is 0.0252. The SMILES string of the molecule is CCc1cc(OC)cc(N(CC2CCC(=O)N2CCO)c2ccc3ncc(-c4cnn(C)c4)nc3n2)c1F. The number of nitrogens with zero attached hydrogens (tertiary/aromatic N) is 7. The Bertz CT molecular complexity index is 1470. The first-order valence-corrected chi connectivity index (χ1v) is 12.6. The molecule has 0 bridgehead atoms. The van der Waals surface area contributed by atoms with Gasteiger partial charge in [0.2, 0.25) is 5.91 Å². The number of aliphatic hydroxyl groups excluding tert-OH is 1. The van der Waals surface area contributed by atoms with Gasteiger partial charge in [-0.3, -0.25) is 14.5 Å². The number of carbonyl (C=O) groups excluding carboxylic acids is 1. The van der Waals surface area contributed by atoms with Gasteiger partial charge in [-0.25, -0.2) is 14.4 Å². The molecule has 4 heterocycles. The number of halogens is 1. The average molecular weight is 520 g/mol. The van der Waals surface area contributed by atoms with Crippen LogP contribution in [0.1, 0.15) is 25.3 Å². The molecular weight excluding hydrogens is 489 g/mol. The normalized spacial score (nSPS) is 15.4. The maximum atomic E-state index is 15.8. The van der Waals surface area contributed by atoms with Gasteiger partial charge in [-0.05, 0) is 36.6 Å². The van der Waals surface area contributed by atoms with Crippen molar-refractivity contribution in [1.29, 1.82) is 0 Å². The molecule has 1 aromatic carbocycles. The van der Waals surface area contributed by atoms with E-state index in [1.807, 2.05) is 20.2 Å². The van der Waals surface area contributed by atoms with E-state index in [1.165, 1.54) is 0 Å². The third-order valence-corrected chi connectivity index (χ3v) is 6.87. The summed E-state index contributed by atoms with van der Waals surface area (Å²) in [5.41, 5.74) is 3.24. The smallest absolute Gasteiger partial charge is 0.223 e. The van der Waals surface area contributed by atoms with Gasteiger partial charge in [0.25, 0.3) is 0 Å². The predicted molar refractivity (Wildman–Crippen MR) is 141 cm³/mol. The number of β-amino-alcohol motifs (C(OH)–C–C–N with tert-alkyl or cyclic N) is 1. The van der Waals surface area contributed by atoms with Crippen LogP contribution in [0.3, 0.4) is 0 Å². The summed E-state index contributed by atoms with van der Waals surface area (Å²) >= 11 is 0. The summed E-state index contributed by atoms with van der Waals surface area (Å²) in [5, 5.41) is 13.7. The van der Waals surface area contributed by atoms with Gasteiger partial charge < -0.3 is 19.6 Å². The first-order valence-electron chi connectivity index (χ1n) is 12.6. The van der Waals surface area contributed by atoms with Crippen LogP contribution >= 0.6 is 0 Å². The fourth-order valence-corrected chi connectivity index (χ4v) is 4.87. The first kappa shape index (κ1) is 25.5. The Morgan fingerprint density at radius 3 is 2.79 bits per heavy atom. The second-order valence-corrected chi connectivity index (χ2v) is 9.26. The maximum Gasteiger partial charge on any atom is 0.223 e. The van der Waals surface area contributed by atoms with Crippen LogP contribution in [-0.2, 0) is 18.3 Å². The summed E-state index contributed by atoms with van der Waals surface area (Å²) in [6.07, 6.45) is 6.68. The lowest BCUT2D eigenvalue weighted by Gasteiger charge is -2.32. The largest absolute Gasteiger partial charge is 0.497 e. The number of rotatable bonds is 9. The van der Waals surface area contributed by atoms with Crippen LogP contribution in [0.15, 0.2) is 42.9 Å². The average Bonchev–Trinajstić information content (AvgIpc) is 3.52. The van der Waals surface area contributed by atoms with Crippen molar-refractivity contribution >= 4 is 28.6 Å². The standard InChI is InChI=1S/C27H30FN7O3/c1-4-17-11-20(38-3)12-23(26(17)28)35(16-19-5-8-25(37)34(19)9-10-36)24-7-6-21-27(32-24)31-22(14-29-21)18-13-30-33(2)15-18/h6-7,11-15,19,36H,4-5,8-10,16H2,1-3H3. The lowest BCUT2D eigenvalue weighted by atomic mass is 10.1. The molecule has 1 N–H and O–H groups in total.